The van der Waals surface area contributed by atoms with Crippen molar-refractivity contribution in [2.24, 2.45) is 0 Å². The van der Waals surface area contributed by atoms with E-state index in [0.29, 0.717) is 45.8 Å². The summed E-state index contributed by atoms with van der Waals surface area (Å²) in [6.07, 6.45) is 21.7. The van der Waals surface area contributed by atoms with E-state index in [1.54, 1.807) is 0 Å². The fraction of sp³-hybridized carbons (Fsp3) is 0.885. The lowest BCUT2D eigenvalue weighted by atomic mass is 10.1. The van der Waals surface area contributed by atoms with Crippen LogP contribution in [0, 0.1) is 0 Å². The molecule has 0 aromatic carbocycles. The van der Waals surface area contributed by atoms with Crippen LogP contribution in [0.3, 0.4) is 0 Å². The molecule has 6 heteroatoms. The van der Waals surface area contributed by atoms with Gasteiger partial charge >= 0.3 is 0 Å². The molecule has 0 atom stereocenters. The van der Waals surface area contributed by atoms with Crippen molar-refractivity contribution in [1.82, 2.24) is 10.2 Å². The Morgan fingerprint density at radius 3 is 2.03 bits per heavy atom. The van der Waals surface area contributed by atoms with Crippen molar-refractivity contribution in [2.45, 2.75) is 96.8 Å². The second kappa shape index (κ2) is 26.3. The van der Waals surface area contributed by atoms with Crippen LogP contribution in [0.1, 0.15) is 96.8 Å². The summed E-state index contributed by atoms with van der Waals surface area (Å²) in [5, 5.41) is 20.8. The van der Waals surface area contributed by atoms with Crippen molar-refractivity contribution in [3.63, 3.8) is 0 Å². The van der Waals surface area contributed by atoms with Gasteiger partial charge in [-0.1, -0.05) is 70.4 Å². The van der Waals surface area contributed by atoms with Crippen LogP contribution < -0.4 is 5.32 Å². The van der Waals surface area contributed by atoms with Crippen LogP contribution in [0.15, 0.2) is 12.2 Å². The molecule has 0 saturated carbocycles. The Kier molecular flexibility index (Phi) is 25.5. The van der Waals surface area contributed by atoms with E-state index in [1.807, 2.05) is 0 Å². The molecule has 0 heterocycles. The number of rotatable bonds is 25. The number of carbonyl (C=O) groups is 1. The van der Waals surface area contributed by atoms with E-state index < -0.39 is 0 Å². The number of aliphatic hydroxyl groups excluding tert-OH is 2. The number of unbranched alkanes of at least 4 members (excludes halogenated alkanes) is 11. The molecule has 0 aliphatic heterocycles. The highest BCUT2D eigenvalue weighted by Gasteiger charge is 2.06. The molecule has 0 aliphatic rings. The first-order valence-corrected chi connectivity index (χ1v) is 13.2. The molecule has 1 amide bonds. The van der Waals surface area contributed by atoms with Crippen LogP contribution in [-0.4, -0.2) is 73.6 Å². The standard InChI is InChI=1S/C26H52N2O4/c1-2-3-4-5-6-7-8-9-10-11-12-13-14-15-16-17-26(31)27-18-19-28(20-22-29)21-24-32-25-23-30/h9-10,29-30H,2-8,11-25H2,1H3,(H,27,31)/b10-9-. The maximum atomic E-state index is 12.0. The number of hydrogen-bond donors (Lipinski definition) is 3. The lowest BCUT2D eigenvalue weighted by molar-refractivity contribution is -0.121. The summed E-state index contributed by atoms with van der Waals surface area (Å²) in [7, 11) is 0. The van der Waals surface area contributed by atoms with Crippen molar-refractivity contribution < 1.29 is 19.7 Å². The highest BCUT2D eigenvalue weighted by atomic mass is 16.5. The highest BCUT2D eigenvalue weighted by molar-refractivity contribution is 5.75. The Morgan fingerprint density at radius 1 is 0.781 bits per heavy atom. The average Bonchev–Trinajstić information content (AvgIpc) is 2.79. The zero-order chi connectivity index (χ0) is 23.5. The number of nitrogens with one attached hydrogen (secondary N) is 1. The fourth-order valence-electron chi connectivity index (χ4n) is 3.64. The summed E-state index contributed by atoms with van der Waals surface area (Å²) in [6, 6.07) is 0. The van der Waals surface area contributed by atoms with Gasteiger partial charge in [0.2, 0.25) is 5.91 Å². The fourth-order valence-corrected chi connectivity index (χ4v) is 3.64. The Hall–Kier alpha value is -0.950. The topological polar surface area (TPSA) is 82.0 Å². The van der Waals surface area contributed by atoms with E-state index in [0.717, 1.165) is 12.8 Å². The predicted molar refractivity (Wildman–Crippen MR) is 134 cm³/mol. The number of nitrogens with zero attached hydrogens (tertiary/aromatic N) is 1. The van der Waals surface area contributed by atoms with Gasteiger partial charge in [-0.05, 0) is 32.1 Å². The van der Waals surface area contributed by atoms with Gasteiger partial charge in [-0.3, -0.25) is 9.69 Å². The number of aliphatic hydroxyl groups is 2. The van der Waals surface area contributed by atoms with E-state index in [9.17, 15) is 4.79 Å². The van der Waals surface area contributed by atoms with Gasteiger partial charge in [0.1, 0.15) is 0 Å². The molecule has 0 rings (SSSR count). The Bertz CT molecular complexity index is 419. The zero-order valence-corrected chi connectivity index (χ0v) is 20.9. The number of carbonyl (C=O) groups excluding carboxylic acids is 1. The molecule has 0 unspecified atom stereocenters. The minimum atomic E-state index is 0.0203. The normalized spacial score (nSPS) is 11.6. The van der Waals surface area contributed by atoms with Gasteiger partial charge in [-0.25, -0.2) is 0 Å². The van der Waals surface area contributed by atoms with E-state index in [1.165, 1.54) is 70.6 Å². The third-order valence-electron chi connectivity index (χ3n) is 5.62. The molecule has 0 aliphatic carbocycles. The molecular formula is C26H52N2O4. The van der Waals surface area contributed by atoms with Crippen molar-refractivity contribution in [3.8, 4) is 0 Å². The van der Waals surface area contributed by atoms with Gasteiger partial charge in [0.05, 0.1) is 26.4 Å². The first-order valence-electron chi connectivity index (χ1n) is 13.2. The maximum absolute atomic E-state index is 12.0. The average molecular weight is 457 g/mol. The van der Waals surface area contributed by atoms with Crippen LogP contribution in [0.25, 0.3) is 0 Å². The largest absolute Gasteiger partial charge is 0.395 e. The molecule has 0 aromatic rings. The molecular weight excluding hydrogens is 404 g/mol. The molecule has 6 nitrogen and oxygen atoms in total. The molecule has 32 heavy (non-hydrogen) atoms. The van der Waals surface area contributed by atoms with E-state index >= 15 is 0 Å². The van der Waals surface area contributed by atoms with Gasteiger partial charge in [0.15, 0.2) is 0 Å². The second-order valence-electron chi connectivity index (χ2n) is 8.59. The maximum Gasteiger partial charge on any atom is 0.220 e. The van der Waals surface area contributed by atoms with Crippen LogP contribution in [0.5, 0.6) is 0 Å². The van der Waals surface area contributed by atoms with Crippen molar-refractivity contribution in [2.75, 3.05) is 52.6 Å². The van der Waals surface area contributed by atoms with E-state index in [-0.39, 0.29) is 19.1 Å². The molecule has 0 radical (unpaired) electrons. The molecule has 0 spiro atoms. The smallest absolute Gasteiger partial charge is 0.220 e. The highest BCUT2D eigenvalue weighted by Crippen LogP contribution is 2.10. The minimum Gasteiger partial charge on any atom is -0.395 e. The molecule has 3 N–H and O–H groups in total. The molecule has 0 bridgehead atoms. The summed E-state index contributed by atoms with van der Waals surface area (Å²) in [6.45, 7) is 5.75. The second-order valence-corrected chi connectivity index (χ2v) is 8.59. The Morgan fingerprint density at radius 2 is 1.41 bits per heavy atom. The Labute approximate surface area is 197 Å². The molecule has 0 saturated heterocycles. The number of ether oxygens (including phenoxy) is 1. The lowest BCUT2D eigenvalue weighted by Gasteiger charge is -2.21. The monoisotopic (exact) mass is 456 g/mol. The van der Waals surface area contributed by atoms with E-state index in [2.05, 4.69) is 29.3 Å². The van der Waals surface area contributed by atoms with Crippen molar-refractivity contribution >= 4 is 5.91 Å². The van der Waals surface area contributed by atoms with Gasteiger partial charge in [-0.2, -0.15) is 0 Å². The SMILES string of the molecule is CCCCCCCC/C=C\CCCCCCCC(=O)NCCN(CCO)CCOCCO. The predicted octanol–water partition coefficient (Wildman–Crippen LogP) is 4.44. The minimum absolute atomic E-state index is 0.0203. The molecule has 0 aromatic heterocycles. The van der Waals surface area contributed by atoms with Gasteiger partial charge in [0.25, 0.3) is 0 Å². The van der Waals surface area contributed by atoms with Crippen molar-refractivity contribution in [3.05, 3.63) is 12.2 Å². The summed E-state index contributed by atoms with van der Waals surface area (Å²) in [5.74, 6) is 0.114. The third-order valence-corrected chi connectivity index (χ3v) is 5.62. The van der Waals surface area contributed by atoms with Gasteiger partial charge in [-0.15, -0.1) is 0 Å². The first-order chi connectivity index (χ1) is 15.7. The summed E-state index contributed by atoms with van der Waals surface area (Å²) >= 11 is 0. The van der Waals surface area contributed by atoms with Crippen LogP contribution in [0.2, 0.25) is 0 Å². The summed E-state index contributed by atoms with van der Waals surface area (Å²) < 4.78 is 5.26. The number of allylic oxidation sites excluding steroid dienone is 2. The molecule has 190 valence electrons. The lowest BCUT2D eigenvalue weighted by Crippen LogP contribution is -2.38. The summed E-state index contributed by atoms with van der Waals surface area (Å²) in [5.41, 5.74) is 0. The first kappa shape index (κ1) is 31.0. The Balaban J connectivity index is 3.47. The summed E-state index contributed by atoms with van der Waals surface area (Å²) in [4.78, 5) is 14.0. The number of amides is 1. The van der Waals surface area contributed by atoms with E-state index in [4.69, 9.17) is 14.9 Å². The number of hydrogen-bond acceptors (Lipinski definition) is 5. The molecule has 0 fully saturated rings. The zero-order valence-electron chi connectivity index (χ0n) is 20.9. The van der Waals surface area contributed by atoms with Gasteiger partial charge in [0, 0.05) is 32.6 Å². The third kappa shape index (κ3) is 23.7. The quantitative estimate of drug-likeness (QED) is 0.140. The van der Waals surface area contributed by atoms with Crippen molar-refractivity contribution in [1.29, 1.82) is 0 Å². The van der Waals surface area contributed by atoms with Crippen LogP contribution in [-0.2, 0) is 9.53 Å². The van der Waals surface area contributed by atoms with Crippen LogP contribution >= 0.6 is 0 Å². The van der Waals surface area contributed by atoms with Gasteiger partial charge < -0.3 is 20.3 Å². The van der Waals surface area contributed by atoms with Crippen LogP contribution in [0.4, 0.5) is 0 Å².